The van der Waals surface area contributed by atoms with Gasteiger partial charge in [0, 0.05) is 10.2 Å². The molecule has 0 heterocycles. The van der Waals surface area contributed by atoms with Crippen LogP contribution in [0.4, 0.5) is 18.9 Å². The minimum atomic E-state index is -4.43. The fourth-order valence-electron chi connectivity index (χ4n) is 1.18. The topological polar surface area (TPSA) is 60.2 Å². The Morgan fingerprint density at radius 3 is 2.44 bits per heavy atom. The average Bonchev–Trinajstić information content (AvgIpc) is 2.13. The van der Waals surface area contributed by atoms with Gasteiger partial charge >= 0.3 is 5.51 Å². The lowest BCUT2D eigenvalue weighted by Gasteiger charge is -2.08. The first kappa shape index (κ1) is 15.6. The van der Waals surface area contributed by atoms with E-state index in [1.165, 1.54) is 18.2 Å². The van der Waals surface area contributed by atoms with E-state index in [0.29, 0.717) is 4.47 Å². The van der Waals surface area contributed by atoms with Crippen molar-refractivity contribution in [2.75, 3.05) is 17.2 Å². The molecule has 0 radical (unpaired) electrons. The molecule has 0 saturated heterocycles. The van der Waals surface area contributed by atoms with Gasteiger partial charge in [0.2, 0.25) is 0 Å². The van der Waals surface area contributed by atoms with E-state index >= 15 is 0 Å². The quantitative estimate of drug-likeness (QED) is 0.835. The molecule has 0 unspecified atom stereocenters. The molecule has 102 valence electrons. The highest BCUT2D eigenvalue weighted by molar-refractivity contribution is 9.10. The second kappa shape index (κ2) is 5.70. The minimum Gasteiger partial charge on any atom is -0.398 e. The largest absolute Gasteiger partial charge is 0.441 e. The molecule has 2 N–H and O–H groups in total. The van der Waals surface area contributed by atoms with E-state index < -0.39 is 26.9 Å². The number of alkyl halides is 3. The molecule has 0 aliphatic rings. The number of hydrogen-bond donors (Lipinski definition) is 1. The van der Waals surface area contributed by atoms with Crippen molar-refractivity contribution in [1.82, 2.24) is 0 Å². The van der Waals surface area contributed by atoms with E-state index in [1.54, 1.807) is 0 Å². The third kappa shape index (κ3) is 4.69. The number of nitrogens with two attached hydrogens (primary N) is 1. The van der Waals surface area contributed by atoms with Gasteiger partial charge in [0.15, 0.2) is 9.84 Å². The van der Waals surface area contributed by atoms with Crippen LogP contribution in [-0.2, 0) is 9.84 Å². The Hall–Kier alpha value is -0.410. The molecule has 9 heteroatoms. The summed E-state index contributed by atoms with van der Waals surface area (Å²) < 4.78 is 59.9. The summed E-state index contributed by atoms with van der Waals surface area (Å²) in [5.41, 5.74) is 1.11. The normalized spacial score (nSPS) is 12.7. The maximum Gasteiger partial charge on any atom is 0.441 e. The van der Waals surface area contributed by atoms with Crippen molar-refractivity contribution < 1.29 is 21.6 Å². The second-order valence-corrected chi connectivity index (χ2v) is 7.45. The maximum atomic E-state index is 11.9. The number of anilines is 1. The lowest BCUT2D eigenvalue weighted by Crippen LogP contribution is -2.13. The van der Waals surface area contributed by atoms with Crippen LogP contribution in [0, 0.1) is 0 Å². The van der Waals surface area contributed by atoms with Gasteiger partial charge in [-0.05, 0) is 30.0 Å². The Bertz CT molecular complexity index is 531. The standard InChI is InChI=1S/C9H9BrF3NO2S2/c10-6-1-2-8(7(14)5-6)18(15,16)4-3-17-9(11,12)13/h1-2,5H,3-4,14H2. The van der Waals surface area contributed by atoms with Crippen molar-refractivity contribution >= 4 is 43.2 Å². The number of rotatable bonds is 4. The second-order valence-electron chi connectivity index (χ2n) is 3.30. The number of hydrogen-bond acceptors (Lipinski definition) is 4. The van der Waals surface area contributed by atoms with Crippen molar-refractivity contribution in [2.45, 2.75) is 10.4 Å². The third-order valence-electron chi connectivity index (χ3n) is 1.92. The third-order valence-corrected chi connectivity index (χ3v) is 5.20. The van der Waals surface area contributed by atoms with Crippen molar-refractivity contribution in [2.24, 2.45) is 0 Å². The Morgan fingerprint density at radius 2 is 1.94 bits per heavy atom. The van der Waals surface area contributed by atoms with Crippen molar-refractivity contribution in [1.29, 1.82) is 0 Å². The van der Waals surface area contributed by atoms with Crippen LogP contribution in [0.3, 0.4) is 0 Å². The van der Waals surface area contributed by atoms with Gasteiger partial charge in [0.05, 0.1) is 16.3 Å². The van der Waals surface area contributed by atoms with Crippen molar-refractivity contribution in [3.05, 3.63) is 22.7 Å². The van der Waals surface area contributed by atoms with E-state index in [9.17, 15) is 21.6 Å². The summed E-state index contributed by atoms with van der Waals surface area (Å²) in [5.74, 6) is -1.16. The summed E-state index contributed by atoms with van der Waals surface area (Å²) in [7, 11) is -3.80. The molecule has 18 heavy (non-hydrogen) atoms. The molecule has 0 fully saturated rings. The van der Waals surface area contributed by atoms with Crippen LogP contribution < -0.4 is 5.73 Å². The summed E-state index contributed by atoms with van der Waals surface area (Å²) in [6.07, 6.45) is 0. The summed E-state index contributed by atoms with van der Waals surface area (Å²) in [6, 6.07) is 4.14. The first-order chi connectivity index (χ1) is 8.12. The molecule has 1 aromatic carbocycles. The highest BCUT2D eigenvalue weighted by atomic mass is 79.9. The van der Waals surface area contributed by atoms with Gasteiger partial charge in [-0.2, -0.15) is 13.2 Å². The summed E-state index contributed by atoms with van der Waals surface area (Å²) in [4.78, 5) is -0.145. The predicted molar refractivity (Wildman–Crippen MR) is 69.1 cm³/mol. The molecule has 0 aliphatic carbocycles. The number of nitrogen functional groups attached to an aromatic ring is 1. The SMILES string of the molecule is Nc1cc(Br)ccc1S(=O)(=O)CCSC(F)(F)F. The van der Waals surface area contributed by atoms with Crippen LogP contribution in [0.1, 0.15) is 0 Å². The van der Waals surface area contributed by atoms with Crippen LogP contribution in [-0.4, -0.2) is 25.4 Å². The predicted octanol–water partition coefficient (Wildman–Crippen LogP) is 3.06. The van der Waals surface area contributed by atoms with Crippen LogP contribution in [0.25, 0.3) is 0 Å². The van der Waals surface area contributed by atoms with Crippen LogP contribution in [0.15, 0.2) is 27.6 Å². The fourth-order valence-corrected chi connectivity index (χ4v) is 3.91. The highest BCUT2D eigenvalue weighted by Gasteiger charge is 2.29. The lowest BCUT2D eigenvalue weighted by atomic mass is 10.3. The Morgan fingerprint density at radius 1 is 1.33 bits per heavy atom. The fraction of sp³-hybridized carbons (Fsp3) is 0.333. The van der Waals surface area contributed by atoms with Gasteiger partial charge in [-0.25, -0.2) is 8.42 Å². The molecule has 1 rings (SSSR count). The van der Waals surface area contributed by atoms with Gasteiger partial charge in [0.1, 0.15) is 0 Å². The van der Waals surface area contributed by atoms with Gasteiger partial charge in [-0.1, -0.05) is 15.9 Å². The molecule has 0 spiro atoms. The maximum absolute atomic E-state index is 11.9. The Balaban J connectivity index is 2.81. The Labute approximate surface area is 115 Å². The number of halogens is 4. The number of thioether (sulfide) groups is 1. The summed E-state index contributed by atoms with van der Waals surface area (Å²) in [5, 5.41) is 0. The monoisotopic (exact) mass is 363 g/mol. The molecule has 1 aromatic rings. The smallest absolute Gasteiger partial charge is 0.398 e. The average molecular weight is 364 g/mol. The molecular formula is C9H9BrF3NO2S2. The molecule has 3 nitrogen and oxygen atoms in total. The van der Waals surface area contributed by atoms with Crippen molar-refractivity contribution in [3.8, 4) is 0 Å². The van der Waals surface area contributed by atoms with Gasteiger partial charge in [0.25, 0.3) is 0 Å². The molecule has 0 aliphatic heterocycles. The molecule has 0 aromatic heterocycles. The summed E-state index contributed by atoms with van der Waals surface area (Å²) in [6.45, 7) is 0. The van der Waals surface area contributed by atoms with E-state index in [2.05, 4.69) is 15.9 Å². The first-order valence-electron chi connectivity index (χ1n) is 4.60. The zero-order valence-electron chi connectivity index (χ0n) is 8.87. The van der Waals surface area contributed by atoms with Gasteiger partial charge in [-0.15, -0.1) is 0 Å². The van der Waals surface area contributed by atoms with Crippen molar-refractivity contribution in [3.63, 3.8) is 0 Å². The number of benzene rings is 1. The van der Waals surface area contributed by atoms with Gasteiger partial charge < -0.3 is 5.73 Å². The zero-order chi connectivity index (χ0) is 14.0. The molecule has 0 bridgehead atoms. The van der Waals surface area contributed by atoms with E-state index in [4.69, 9.17) is 5.73 Å². The summed E-state index contributed by atoms with van der Waals surface area (Å²) >= 11 is 2.75. The van der Waals surface area contributed by atoms with Crippen LogP contribution in [0.2, 0.25) is 0 Å². The molecule has 0 atom stereocenters. The van der Waals surface area contributed by atoms with E-state index in [-0.39, 0.29) is 22.3 Å². The van der Waals surface area contributed by atoms with Crippen LogP contribution >= 0.6 is 27.7 Å². The zero-order valence-corrected chi connectivity index (χ0v) is 12.1. The minimum absolute atomic E-state index is 0.0152. The van der Waals surface area contributed by atoms with E-state index in [1.807, 2.05) is 0 Å². The molecule has 0 amide bonds. The first-order valence-corrected chi connectivity index (χ1v) is 8.03. The van der Waals surface area contributed by atoms with Gasteiger partial charge in [-0.3, -0.25) is 0 Å². The highest BCUT2D eigenvalue weighted by Crippen LogP contribution is 2.31. The van der Waals surface area contributed by atoms with E-state index in [0.717, 1.165) is 0 Å². The number of sulfone groups is 1. The molecule has 0 saturated carbocycles. The lowest BCUT2D eigenvalue weighted by molar-refractivity contribution is -0.0326. The Kier molecular flexibility index (Phi) is 4.96. The van der Waals surface area contributed by atoms with Crippen LogP contribution in [0.5, 0.6) is 0 Å². The molecular weight excluding hydrogens is 355 g/mol.